The van der Waals surface area contributed by atoms with Gasteiger partial charge in [0.2, 0.25) is 0 Å². The average molecular weight is 230 g/mol. The maximum atomic E-state index is 10.1. The molecular weight excluding hydrogens is 212 g/mol. The molecule has 2 aromatic rings. The summed E-state index contributed by atoms with van der Waals surface area (Å²) in [5.74, 6) is 0. The zero-order chi connectivity index (χ0) is 12.1. The van der Waals surface area contributed by atoms with E-state index < -0.39 is 6.10 Å². The fraction of sp³-hybridized carbons (Fsp3) is 0.333. The van der Waals surface area contributed by atoms with Gasteiger partial charge in [0.1, 0.15) is 6.10 Å². The van der Waals surface area contributed by atoms with Crippen molar-refractivity contribution in [1.82, 2.24) is 0 Å². The molecule has 0 amide bonds. The van der Waals surface area contributed by atoms with Crippen molar-refractivity contribution in [3.63, 3.8) is 0 Å². The highest BCUT2D eigenvalue weighted by atomic mass is 16.3. The van der Waals surface area contributed by atoms with Crippen LogP contribution in [0.5, 0.6) is 0 Å². The summed E-state index contributed by atoms with van der Waals surface area (Å²) in [5.41, 5.74) is 3.04. The van der Waals surface area contributed by atoms with E-state index in [0.717, 1.165) is 17.5 Å². The van der Waals surface area contributed by atoms with E-state index >= 15 is 0 Å². The number of benzene rings is 1. The molecule has 2 heteroatoms. The summed E-state index contributed by atoms with van der Waals surface area (Å²) in [6.07, 6.45) is 6.10. The quantitative estimate of drug-likeness (QED) is 0.849. The Labute approximate surface area is 102 Å². The van der Waals surface area contributed by atoms with Crippen LogP contribution in [-0.2, 0) is 6.42 Å². The first kappa shape index (κ1) is 11.9. The lowest BCUT2D eigenvalue weighted by molar-refractivity contribution is 0.219. The van der Waals surface area contributed by atoms with Crippen molar-refractivity contribution in [2.45, 2.75) is 32.3 Å². The van der Waals surface area contributed by atoms with Crippen molar-refractivity contribution >= 4 is 0 Å². The SMILES string of the molecule is CCCCc1ccc([C@H](O)c2ccoc2)cc1. The molecule has 1 aromatic heterocycles. The van der Waals surface area contributed by atoms with E-state index in [2.05, 4.69) is 19.1 Å². The van der Waals surface area contributed by atoms with Gasteiger partial charge in [-0.3, -0.25) is 0 Å². The van der Waals surface area contributed by atoms with Crippen LogP contribution in [0.1, 0.15) is 42.6 Å². The molecule has 0 saturated carbocycles. The molecule has 1 aromatic carbocycles. The molecular formula is C15H18O2. The molecule has 1 N–H and O–H groups in total. The van der Waals surface area contributed by atoms with Gasteiger partial charge in [0.25, 0.3) is 0 Å². The Bertz CT molecular complexity index is 428. The molecule has 0 aliphatic carbocycles. The van der Waals surface area contributed by atoms with Crippen LogP contribution in [0.15, 0.2) is 47.3 Å². The second-order valence-corrected chi connectivity index (χ2v) is 4.30. The minimum Gasteiger partial charge on any atom is -0.472 e. The van der Waals surface area contributed by atoms with E-state index in [1.54, 1.807) is 18.6 Å². The van der Waals surface area contributed by atoms with Crippen LogP contribution >= 0.6 is 0 Å². The van der Waals surface area contributed by atoms with Gasteiger partial charge in [-0.25, -0.2) is 0 Å². The third-order valence-electron chi connectivity index (χ3n) is 2.97. The van der Waals surface area contributed by atoms with Gasteiger partial charge < -0.3 is 9.52 Å². The van der Waals surface area contributed by atoms with Gasteiger partial charge in [-0.1, -0.05) is 37.6 Å². The summed E-state index contributed by atoms with van der Waals surface area (Å²) >= 11 is 0. The first-order chi connectivity index (χ1) is 8.31. The Morgan fingerprint density at radius 3 is 2.47 bits per heavy atom. The molecule has 2 rings (SSSR count). The maximum absolute atomic E-state index is 10.1. The lowest BCUT2D eigenvalue weighted by Gasteiger charge is -2.09. The zero-order valence-corrected chi connectivity index (χ0v) is 10.1. The molecule has 0 saturated heterocycles. The van der Waals surface area contributed by atoms with E-state index in [1.807, 2.05) is 12.1 Å². The number of aryl methyl sites for hydroxylation is 1. The molecule has 0 radical (unpaired) electrons. The van der Waals surface area contributed by atoms with Crippen LogP contribution in [0.4, 0.5) is 0 Å². The van der Waals surface area contributed by atoms with E-state index in [1.165, 1.54) is 18.4 Å². The van der Waals surface area contributed by atoms with Crippen molar-refractivity contribution in [3.05, 3.63) is 59.5 Å². The molecule has 90 valence electrons. The van der Waals surface area contributed by atoms with Gasteiger partial charge in [0, 0.05) is 5.56 Å². The highest BCUT2D eigenvalue weighted by Gasteiger charge is 2.10. The monoisotopic (exact) mass is 230 g/mol. The summed E-state index contributed by atoms with van der Waals surface area (Å²) in [6.45, 7) is 2.19. The second kappa shape index (κ2) is 5.69. The van der Waals surface area contributed by atoms with Crippen LogP contribution in [-0.4, -0.2) is 5.11 Å². The summed E-state index contributed by atoms with van der Waals surface area (Å²) in [4.78, 5) is 0. The lowest BCUT2D eigenvalue weighted by Crippen LogP contribution is -1.98. The van der Waals surface area contributed by atoms with Gasteiger partial charge >= 0.3 is 0 Å². The number of hydrogen-bond donors (Lipinski definition) is 1. The minimum absolute atomic E-state index is 0.589. The average Bonchev–Trinajstić information content (AvgIpc) is 2.90. The first-order valence-corrected chi connectivity index (χ1v) is 6.10. The van der Waals surface area contributed by atoms with Crippen LogP contribution in [0, 0.1) is 0 Å². The number of unbranched alkanes of at least 4 members (excludes halogenated alkanes) is 1. The molecule has 1 atom stereocenters. The molecule has 0 bridgehead atoms. The Morgan fingerprint density at radius 1 is 1.12 bits per heavy atom. The van der Waals surface area contributed by atoms with Gasteiger partial charge in [0.15, 0.2) is 0 Å². The van der Waals surface area contributed by atoms with E-state index in [9.17, 15) is 5.11 Å². The molecule has 0 unspecified atom stereocenters. The van der Waals surface area contributed by atoms with Gasteiger partial charge in [-0.2, -0.15) is 0 Å². The first-order valence-electron chi connectivity index (χ1n) is 6.10. The Hall–Kier alpha value is -1.54. The number of aliphatic hydroxyl groups is 1. The highest BCUT2D eigenvalue weighted by Crippen LogP contribution is 2.22. The fourth-order valence-corrected chi connectivity index (χ4v) is 1.87. The summed E-state index contributed by atoms with van der Waals surface area (Å²) in [7, 11) is 0. The van der Waals surface area contributed by atoms with E-state index in [-0.39, 0.29) is 0 Å². The standard InChI is InChI=1S/C15H18O2/c1-2-3-4-12-5-7-13(8-6-12)15(16)14-9-10-17-11-14/h5-11,15-16H,2-4H2,1H3/t15-/m0/s1. The number of hydrogen-bond acceptors (Lipinski definition) is 2. The molecule has 1 heterocycles. The zero-order valence-electron chi connectivity index (χ0n) is 10.1. The molecule has 0 aliphatic rings. The Balaban J connectivity index is 2.07. The van der Waals surface area contributed by atoms with Crippen molar-refractivity contribution < 1.29 is 9.52 Å². The van der Waals surface area contributed by atoms with Gasteiger partial charge in [-0.05, 0) is 30.0 Å². The van der Waals surface area contributed by atoms with E-state index in [4.69, 9.17) is 4.42 Å². The number of furan rings is 1. The van der Waals surface area contributed by atoms with Crippen molar-refractivity contribution in [2.24, 2.45) is 0 Å². The minimum atomic E-state index is -0.589. The molecule has 2 nitrogen and oxygen atoms in total. The Morgan fingerprint density at radius 2 is 1.88 bits per heavy atom. The van der Waals surface area contributed by atoms with Crippen molar-refractivity contribution in [2.75, 3.05) is 0 Å². The predicted octanol–water partition coefficient (Wildman–Crippen LogP) is 3.70. The summed E-state index contributed by atoms with van der Waals surface area (Å²) in [6, 6.07) is 9.95. The van der Waals surface area contributed by atoms with Crippen molar-refractivity contribution in [1.29, 1.82) is 0 Å². The smallest absolute Gasteiger partial charge is 0.107 e. The molecule has 0 spiro atoms. The third kappa shape index (κ3) is 2.98. The van der Waals surface area contributed by atoms with E-state index in [0.29, 0.717) is 0 Å². The summed E-state index contributed by atoms with van der Waals surface area (Å²) < 4.78 is 4.97. The normalized spacial score (nSPS) is 12.6. The highest BCUT2D eigenvalue weighted by molar-refractivity contribution is 5.30. The Kier molecular flexibility index (Phi) is 3.99. The molecule has 17 heavy (non-hydrogen) atoms. The third-order valence-corrected chi connectivity index (χ3v) is 2.97. The van der Waals surface area contributed by atoms with Crippen LogP contribution in [0.25, 0.3) is 0 Å². The second-order valence-electron chi connectivity index (χ2n) is 4.30. The predicted molar refractivity (Wildman–Crippen MR) is 67.8 cm³/mol. The summed E-state index contributed by atoms with van der Waals surface area (Å²) in [5, 5.41) is 10.1. The number of aliphatic hydroxyl groups excluding tert-OH is 1. The molecule has 0 fully saturated rings. The fourth-order valence-electron chi connectivity index (χ4n) is 1.87. The van der Waals surface area contributed by atoms with Crippen LogP contribution in [0.3, 0.4) is 0 Å². The van der Waals surface area contributed by atoms with Crippen LogP contribution in [0.2, 0.25) is 0 Å². The van der Waals surface area contributed by atoms with Gasteiger partial charge in [-0.15, -0.1) is 0 Å². The molecule has 0 aliphatic heterocycles. The largest absolute Gasteiger partial charge is 0.472 e. The van der Waals surface area contributed by atoms with Crippen molar-refractivity contribution in [3.8, 4) is 0 Å². The lowest BCUT2D eigenvalue weighted by atomic mass is 10.0. The maximum Gasteiger partial charge on any atom is 0.107 e. The topological polar surface area (TPSA) is 33.4 Å². The van der Waals surface area contributed by atoms with Gasteiger partial charge in [0.05, 0.1) is 12.5 Å². The van der Waals surface area contributed by atoms with Crippen LogP contribution < -0.4 is 0 Å². The number of rotatable bonds is 5.